The molecule has 0 heterocycles. The summed E-state index contributed by atoms with van der Waals surface area (Å²) in [7, 11) is 0. The SMILES string of the molecule is CCCCCCCCCCC=CC(=O)OC(C)C. The van der Waals surface area contributed by atoms with Crippen molar-refractivity contribution in [3.05, 3.63) is 12.2 Å². The Hall–Kier alpha value is -0.790. The van der Waals surface area contributed by atoms with Gasteiger partial charge < -0.3 is 4.74 Å². The van der Waals surface area contributed by atoms with Gasteiger partial charge in [0.2, 0.25) is 0 Å². The zero-order valence-electron chi connectivity index (χ0n) is 12.4. The molecule has 0 bridgehead atoms. The molecule has 2 heteroatoms. The van der Waals surface area contributed by atoms with Gasteiger partial charge in [0, 0.05) is 6.08 Å². The molecule has 0 fully saturated rings. The van der Waals surface area contributed by atoms with Crippen LogP contribution in [0, 0.1) is 0 Å². The maximum Gasteiger partial charge on any atom is 0.330 e. The van der Waals surface area contributed by atoms with Crippen LogP contribution < -0.4 is 0 Å². The molecular weight excluding hydrogens is 224 g/mol. The average Bonchev–Trinajstić information content (AvgIpc) is 2.30. The highest BCUT2D eigenvalue weighted by atomic mass is 16.5. The van der Waals surface area contributed by atoms with Crippen molar-refractivity contribution in [3.63, 3.8) is 0 Å². The number of carbonyl (C=O) groups is 1. The van der Waals surface area contributed by atoms with Crippen LogP contribution >= 0.6 is 0 Å². The van der Waals surface area contributed by atoms with Crippen LogP contribution in [0.25, 0.3) is 0 Å². The van der Waals surface area contributed by atoms with Gasteiger partial charge in [-0.15, -0.1) is 0 Å². The molecule has 0 radical (unpaired) electrons. The molecule has 0 aliphatic rings. The predicted molar refractivity (Wildman–Crippen MR) is 77.6 cm³/mol. The molecule has 0 N–H and O–H groups in total. The first-order chi connectivity index (χ1) is 8.66. The van der Waals surface area contributed by atoms with E-state index in [0.29, 0.717) is 0 Å². The van der Waals surface area contributed by atoms with Crippen LogP contribution in [0.2, 0.25) is 0 Å². The summed E-state index contributed by atoms with van der Waals surface area (Å²) in [6.45, 7) is 5.98. The summed E-state index contributed by atoms with van der Waals surface area (Å²) in [4.78, 5) is 11.2. The predicted octanol–water partition coefficient (Wildman–Crippen LogP) is 5.03. The van der Waals surface area contributed by atoms with Gasteiger partial charge >= 0.3 is 5.97 Å². The third kappa shape index (κ3) is 13.3. The highest BCUT2D eigenvalue weighted by molar-refractivity contribution is 5.81. The van der Waals surface area contributed by atoms with Crippen LogP contribution in [0.3, 0.4) is 0 Å². The van der Waals surface area contributed by atoms with Gasteiger partial charge in [0.15, 0.2) is 0 Å². The van der Waals surface area contributed by atoms with E-state index in [-0.39, 0.29) is 12.1 Å². The van der Waals surface area contributed by atoms with Crippen molar-refractivity contribution in [2.24, 2.45) is 0 Å². The van der Waals surface area contributed by atoms with E-state index < -0.39 is 0 Å². The van der Waals surface area contributed by atoms with Crippen LogP contribution in [0.5, 0.6) is 0 Å². The second-order valence-electron chi connectivity index (χ2n) is 5.15. The van der Waals surface area contributed by atoms with E-state index in [1.165, 1.54) is 51.4 Å². The lowest BCUT2D eigenvalue weighted by atomic mass is 10.1. The number of carbonyl (C=O) groups excluding carboxylic acids is 1. The van der Waals surface area contributed by atoms with Gasteiger partial charge in [0.05, 0.1) is 6.10 Å². The van der Waals surface area contributed by atoms with Gasteiger partial charge in [-0.2, -0.15) is 0 Å². The van der Waals surface area contributed by atoms with Gasteiger partial charge in [-0.3, -0.25) is 0 Å². The first-order valence-corrected chi connectivity index (χ1v) is 7.54. The molecule has 0 saturated heterocycles. The maximum atomic E-state index is 11.2. The topological polar surface area (TPSA) is 26.3 Å². The van der Waals surface area contributed by atoms with Crippen LogP contribution in [0.4, 0.5) is 0 Å². The van der Waals surface area contributed by atoms with Crippen LogP contribution in [-0.4, -0.2) is 12.1 Å². The third-order valence-electron chi connectivity index (χ3n) is 2.83. The van der Waals surface area contributed by atoms with Gasteiger partial charge in [0.25, 0.3) is 0 Å². The molecular formula is C16H30O2. The number of esters is 1. The summed E-state index contributed by atoms with van der Waals surface area (Å²) in [5.41, 5.74) is 0. The normalized spacial score (nSPS) is 11.3. The van der Waals surface area contributed by atoms with Crippen molar-refractivity contribution in [2.45, 2.75) is 84.7 Å². The Kier molecular flexibility index (Phi) is 12.1. The number of rotatable bonds is 11. The second kappa shape index (κ2) is 12.7. The molecule has 2 nitrogen and oxygen atoms in total. The van der Waals surface area contributed by atoms with E-state index in [9.17, 15) is 4.79 Å². The highest BCUT2D eigenvalue weighted by Gasteiger charge is 1.98. The summed E-state index contributed by atoms with van der Waals surface area (Å²) in [5.74, 6) is -0.218. The lowest BCUT2D eigenvalue weighted by Crippen LogP contribution is -2.08. The minimum Gasteiger partial charge on any atom is -0.460 e. The quantitative estimate of drug-likeness (QED) is 0.294. The van der Waals surface area contributed by atoms with Gasteiger partial charge in [-0.05, 0) is 26.7 Å². The lowest BCUT2D eigenvalue weighted by molar-refractivity contribution is -0.141. The number of allylic oxidation sites excluding steroid dienone is 1. The van der Waals surface area contributed by atoms with Crippen molar-refractivity contribution in [3.8, 4) is 0 Å². The van der Waals surface area contributed by atoms with Crippen LogP contribution in [0.15, 0.2) is 12.2 Å². The van der Waals surface area contributed by atoms with Crippen LogP contribution in [-0.2, 0) is 9.53 Å². The highest BCUT2D eigenvalue weighted by Crippen LogP contribution is 2.09. The molecule has 0 unspecified atom stereocenters. The molecule has 0 saturated carbocycles. The van der Waals surface area contributed by atoms with Gasteiger partial charge in [-0.1, -0.05) is 57.9 Å². The molecule has 0 rings (SSSR count). The zero-order valence-corrected chi connectivity index (χ0v) is 12.4. The van der Waals surface area contributed by atoms with Crippen molar-refractivity contribution >= 4 is 5.97 Å². The molecule has 0 aliphatic heterocycles. The first kappa shape index (κ1) is 17.2. The molecule has 0 atom stereocenters. The molecule has 0 aromatic heterocycles. The average molecular weight is 254 g/mol. The summed E-state index contributed by atoms with van der Waals surface area (Å²) in [6.07, 6.45) is 15.1. The largest absolute Gasteiger partial charge is 0.460 e. The number of hydrogen-bond donors (Lipinski definition) is 0. The van der Waals surface area contributed by atoms with Crippen molar-refractivity contribution in [1.29, 1.82) is 0 Å². The Morgan fingerprint density at radius 1 is 1.00 bits per heavy atom. The minimum absolute atomic E-state index is 0.0229. The monoisotopic (exact) mass is 254 g/mol. The van der Waals surface area contributed by atoms with E-state index in [2.05, 4.69) is 6.92 Å². The number of unbranched alkanes of at least 4 members (excludes halogenated alkanes) is 8. The lowest BCUT2D eigenvalue weighted by Gasteiger charge is -2.03. The molecule has 18 heavy (non-hydrogen) atoms. The van der Waals surface area contributed by atoms with E-state index in [4.69, 9.17) is 4.74 Å². The molecule has 0 aromatic carbocycles. The van der Waals surface area contributed by atoms with E-state index >= 15 is 0 Å². The fourth-order valence-corrected chi connectivity index (χ4v) is 1.85. The van der Waals surface area contributed by atoms with Crippen molar-refractivity contribution < 1.29 is 9.53 Å². The van der Waals surface area contributed by atoms with E-state index in [1.807, 2.05) is 19.9 Å². The number of ether oxygens (including phenoxy) is 1. The standard InChI is InChI=1S/C16H30O2/c1-4-5-6-7-8-9-10-11-12-13-14-16(17)18-15(2)3/h13-15H,4-12H2,1-3H3. The Bertz CT molecular complexity index is 219. The Labute approximate surface area is 113 Å². The molecule has 0 amide bonds. The van der Waals surface area contributed by atoms with E-state index in [0.717, 1.165) is 6.42 Å². The Morgan fingerprint density at radius 2 is 1.56 bits per heavy atom. The molecule has 0 aliphatic carbocycles. The van der Waals surface area contributed by atoms with Crippen LogP contribution in [0.1, 0.15) is 78.6 Å². The third-order valence-corrected chi connectivity index (χ3v) is 2.83. The summed E-state index contributed by atoms with van der Waals surface area (Å²) in [6, 6.07) is 0. The fraction of sp³-hybridized carbons (Fsp3) is 0.812. The first-order valence-electron chi connectivity index (χ1n) is 7.54. The number of hydrogen-bond acceptors (Lipinski definition) is 2. The fourth-order valence-electron chi connectivity index (χ4n) is 1.85. The van der Waals surface area contributed by atoms with Gasteiger partial charge in [0.1, 0.15) is 0 Å². The summed E-state index contributed by atoms with van der Waals surface area (Å²) < 4.78 is 5.01. The smallest absolute Gasteiger partial charge is 0.330 e. The zero-order chi connectivity index (χ0) is 13.6. The van der Waals surface area contributed by atoms with Crippen molar-refractivity contribution in [2.75, 3.05) is 0 Å². The minimum atomic E-state index is -0.218. The molecule has 0 aromatic rings. The Morgan fingerprint density at radius 3 is 2.11 bits per heavy atom. The second-order valence-corrected chi connectivity index (χ2v) is 5.15. The van der Waals surface area contributed by atoms with Crippen molar-refractivity contribution in [1.82, 2.24) is 0 Å². The maximum absolute atomic E-state index is 11.2. The molecule has 0 spiro atoms. The molecule has 106 valence electrons. The summed E-state index contributed by atoms with van der Waals surface area (Å²) in [5, 5.41) is 0. The van der Waals surface area contributed by atoms with E-state index in [1.54, 1.807) is 6.08 Å². The van der Waals surface area contributed by atoms with Gasteiger partial charge in [-0.25, -0.2) is 4.79 Å². The Balaban J connectivity index is 3.24. The summed E-state index contributed by atoms with van der Waals surface area (Å²) >= 11 is 0.